The molecule has 0 atom stereocenters. The fraction of sp³-hybridized carbons (Fsp3) is 0.724. The maximum atomic E-state index is 11.5. The zero-order valence-electron chi connectivity index (χ0n) is 23.4. The molecule has 0 saturated carbocycles. The Morgan fingerprint density at radius 3 is 2.33 bits per heavy atom. The zero-order chi connectivity index (χ0) is 26.4. The Balaban J connectivity index is 0.000000302. The fourth-order valence-corrected chi connectivity index (χ4v) is 4.55. The molecule has 2 heterocycles. The van der Waals surface area contributed by atoms with Crippen molar-refractivity contribution in [2.75, 3.05) is 52.4 Å². The van der Waals surface area contributed by atoms with E-state index in [-0.39, 0.29) is 6.09 Å². The van der Waals surface area contributed by atoms with Crippen LogP contribution < -0.4 is 4.74 Å². The third-order valence-corrected chi connectivity index (χ3v) is 6.53. The van der Waals surface area contributed by atoms with Gasteiger partial charge in [-0.05, 0) is 103 Å². The molecule has 0 N–H and O–H groups in total. The molecule has 3 rings (SSSR count). The third kappa shape index (κ3) is 11.2. The van der Waals surface area contributed by atoms with E-state index in [2.05, 4.69) is 23.1 Å². The van der Waals surface area contributed by atoms with E-state index in [1.54, 1.807) is 4.90 Å². The zero-order valence-corrected chi connectivity index (χ0v) is 23.4. The molecule has 0 aromatic heterocycles. The molecule has 0 aliphatic carbocycles. The molecule has 2 amide bonds. The predicted molar refractivity (Wildman–Crippen MR) is 146 cm³/mol. The second-order valence-corrected chi connectivity index (χ2v) is 10.7. The monoisotopic (exact) mass is 503 g/mol. The highest BCUT2D eigenvalue weighted by Crippen LogP contribution is 2.22. The summed E-state index contributed by atoms with van der Waals surface area (Å²) in [5.74, 6) is 0.974. The number of nitrogens with zero attached hydrogens (tertiary/aromatic N) is 3. The van der Waals surface area contributed by atoms with Gasteiger partial charge >= 0.3 is 6.09 Å². The van der Waals surface area contributed by atoms with Crippen LogP contribution in [0.1, 0.15) is 77.8 Å². The molecule has 7 heteroatoms. The number of amides is 2. The summed E-state index contributed by atoms with van der Waals surface area (Å²) < 4.78 is 11.2. The number of rotatable bonds is 9. The van der Waals surface area contributed by atoms with E-state index in [9.17, 15) is 9.59 Å². The van der Waals surface area contributed by atoms with Crippen LogP contribution >= 0.6 is 0 Å². The highest BCUT2D eigenvalue weighted by atomic mass is 16.6. The van der Waals surface area contributed by atoms with Crippen molar-refractivity contribution in [2.24, 2.45) is 0 Å². The van der Waals surface area contributed by atoms with E-state index in [0.29, 0.717) is 6.54 Å². The Kier molecular flexibility index (Phi) is 13.1. The first-order valence-electron chi connectivity index (χ1n) is 13.9. The topological polar surface area (TPSA) is 62.3 Å². The molecular weight excluding hydrogens is 454 g/mol. The minimum absolute atomic E-state index is 0.211. The van der Waals surface area contributed by atoms with E-state index in [1.165, 1.54) is 43.5 Å². The van der Waals surface area contributed by atoms with Gasteiger partial charge in [0.1, 0.15) is 11.4 Å². The van der Waals surface area contributed by atoms with Crippen molar-refractivity contribution in [3.63, 3.8) is 0 Å². The molecule has 1 aromatic carbocycles. The number of hydrogen-bond acceptors (Lipinski definition) is 5. The standard InChI is InChI=1S/C19H28N2O2.C10H21NO2/c22-16-21-12-7-17-5-6-19(15-18(17)8-13-21)23-14-4-11-20-9-2-1-3-10-20;1-6-8-11(7-2)9(12)13-10(3,4)5/h5-6,15-16H,1-4,7-14H2;6-8H2,1-5H3. The molecule has 2 aliphatic rings. The maximum Gasteiger partial charge on any atom is 0.410 e. The molecule has 0 radical (unpaired) electrons. The number of likely N-dealkylation sites (tertiary alicyclic amines) is 1. The SMILES string of the molecule is CCCN(CC)C(=O)OC(C)(C)C.O=CN1CCc2ccc(OCCCN3CCCCC3)cc2CC1. The van der Waals surface area contributed by atoms with Crippen LogP contribution in [-0.4, -0.2) is 85.2 Å². The molecular formula is C29H49N3O4. The molecule has 2 aliphatic heterocycles. The van der Waals surface area contributed by atoms with Crippen molar-refractivity contribution in [3.8, 4) is 5.75 Å². The number of fused-ring (bicyclic) bond motifs is 1. The number of ether oxygens (including phenoxy) is 2. The van der Waals surface area contributed by atoms with Gasteiger partial charge in [0.05, 0.1) is 6.61 Å². The predicted octanol–water partition coefficient (Wildman–Crippen LogP) is 5.15. The fourth-order valence-electron chi connectivity index (χ4n) is 4.55. The number of carbonyl (C=O) groups is 2. The number of carbonyl (C=O) groups excluding carboxylic acids is 2. The second kappa shape index (κ2) is 15.7. The van der Waals surface area contributed by atoms with Gasteiger partial charge in [-0.3, -0.25) is 4.79 Å². The summed E-state index contributed by atoms with van der Waals surface area (Å²) in [6, 6.07) is 6.42. The van der Waals surface area contributed by atoms with Gasteiger partial charge in [0.15, 0.2) is 0 Å². The molecule has 1 aromatic rings. The first-order valence-corrected chi connectivity index (χ1v) is 13.9. The third-order valence-electron chi connectivity index (χ3n) is 6.53. The van der Waals surface area contributed by atoms with Gasteiger partial charge in [0.2, 0.25) is 6.41 Å². The Labute approximate surface area is 219 Å². The van der Waals surface area contributed by atoms with Crippen LogP contribution in [-0.2, 0) is 22.4 Å². The lowest BCUT2D eigenvalue weighted by Gasteiger charge is -2.26. The Hall–Kier alpha value is -2.28. The van der Waals surface area contributed by atoms with Crippen LogP contribution in [0.15, 0.2) is 18.2 Å². The first kappa shape index (κ1) is 29.9. The van der Waals surface area contributed by atoms with Crippen LogP contribution in [0.3, 0.4) is 0 Å². The van der Waals surface area contributed by atoms with Gasteiger partial charge < -0.3 is 24.2 Å². The van der Waals surface area contributed by atoms with Gasteiger partial charge in [-0.2, -0.15) is 0 Å². The molecule has 0 spiro atoms. The van der Waals surface area contributed by atoms with Crippen molar-refractivity contribution >= 4 is 12.5 Å². The van der Waals surface area contributed by atoms with E-state index in [4.69, 9.17) is 9.47 Å². The maximum absolute atomic E-state index is 11.5. The lowest BCUT2D eigenvalue weighted by Crippen LogP contribution is -2.37. The van der Waals surface area contributed by atoms with E-state index in [1.807, 2.05) is 39.5 Å². The van der Waals surface area contributed by atoms with Crippen molar-refractivity contribution in [1.29, 1.82) is 0 Å². The number of benzene rings is 1. The Morgan fingerprint density at radius 2 is 1.72 bits per heavy atom. The summed E-state index contributed by atoms with van der Waals surface area (Å²) in [7, 11) is 0. The van der Waals surface area contributed by atoms with Gasteiger partial charge in [-0.1, -0.05) is 19.4 Å². The first-order chi connectivity index (χ1) is 17.3. The largest absolute Gasteiger partial charge is 0.494 e. The average Bonchev–Trinajstić information content (AvgIpc) is 3.07. The van der Waals surface area contributed by atoms with Crippen LogP contribution in [0.5, 0.6) is 5.75 Å². The van der Waals surface area contributed by atoms with Crippen molar-refractivity contribution < 1.29 is 19.1 Å². The number of hydrogen-bond donors (Lipinski definition) is 0. The number of piperidine rings is 1. The summed E-state index contributed by atoms with van der Waals surface area (Å²) in [5.41, 5.74) is 2.30. The lowest BCUT2D eigenvalue weighted by molar-refractivity contribution is -0.118. The summed E-state index contributed by atoms with van der Waals surface area (Å²) in [5, 5.41) is 0. The average molecular weight is 504 g/mol. The minimum Gasteiger partial charge on any atom is -0.494 e. The minimum atomic E-state index is -0.391. The molecule has 1 fully saturated rings. The van der Waals surface area contributed by atoms with Gasteiger partial charge in [0.25, 0.3) is 0 Å². The van der Waals surface area contributed by atoms with Crippen molar-refractivity contribution in [2.45, 2.75) is 85.2 Å². The van der Waals surface area contributed by atoms with Crippen LogP contribution in [0.4, 0.5) is 4.79 Å². The summed E-state index contributed by atoms with van der Waals surface area (Å²) in [6.45, 7) is 17.2. The van der Waals surface area contributed by atoms with Crippen LogP contribution in [0, 0.1) is 0 Å². The highest BCUT2D eigenvalue weighted by Gasteiger charge is 2.20. The van der Waals surface area contributed by atoms with Crippen LogP contribution in [0.2, 0.25) is 0 Å². The van der Waals surface area contributed by atoms with E-state index in [0.717, 1.165) is 70.6 Å². The van der Waals surface area contributed by atoms with Crippen LogP contribution in [0.25, 0.3) is 0 Å². The van der Waals surface area contributed by atoms with E-state index < -0.39 is 5.60 Å². The summed E-state index contributed by atoms with van der Waals surface area (Å²) in [6.07, 6.45) is 8.78. The van der Waals surface area contributed by atoms with Gasteiger partial charge in [0, 0.05) is 32.7 Å². The quantitative estimate of drug-likeness (QED) is 0.344. The Morgan fingerprint density at radius 1 is 1.03 bits per heavy atom. The van der Waals surface area contributed by atoms with Gasteiger partial charge in [-0.15, -0.1) is 0 Å². The lowest BCUT2D eigenvalue weighted by atomic mass is 10.0. The Bertz CT molecular complexity index is 787. The van der Waals surface area contributed by atoms with Gasteiger partial charge in [-0.25, -0.2) is 4.79 Å². The molecule has 7 nitrogen and oxygen atoms in total. The van der Waals surface area contributed by atoms with Crippen molar-refractivity contribution in [3.05, 3.63) is 29.3 Å². The molecule has 204 valence electrons. The second-order valence-electron chi connectivity index (χ2n) is 10.7. The normalized spacial score (nSPS) is 16.2. The molecule has 1 saturated heterocycles. The molecule has 36 heavy (non-hydrogen) atoms. The molecule has 0 unspecified atom stereocenters. The van der Waals surface area contributed by atoms with Crippen molar-refractivity contribution in [1.82, 2.24) is 14.7 Å². The summed E-state index contributed by atoms with van der Waals surface area (Å²) >= 11 is 0. The smallest absolute Gasteiger partial charge is 0.410 e. The molecule has 0 bridgehead atoms. The van der Waals surface area contributed by atoms with E-state index >= 15 is 0 Å². The summed E-state index contributed by atoms with van der Waals surface area (Å²) in [4.78, 5) is 28.5. The highest BCUT2D eigenvalue weighted by molar-refractivity contribution is 5.68.